The fraction of sp³-hybridized carbons (Fsp3) is 0.200. The zero-order valence-electron chi connectivity index (χ0n) is 10.7. The molecule has 18 heavy (non-hydrogen) atoms. The first kappa shape index (κ1) is 12.3. The molecule has 0 aliphatic rings. The third-order valence-electron chi connectivity index (χ3n) is 3.33. The highest BCUT2D eigenvalue weighted by molar-refractivity contribution is 5.79. The van der Waals surface area contributed by atoms with Crippen LogP contribution in [0.2, 0.25) is 0 Å². The SMILES string of the molecule is Cc1cccc(-c2cc(C)c(O)c(O)c2O)c1C. The molecule has 2 aromatic rings. The van der Waals surface area contributed by atoms with E-state index >= 15 is 0 Å². The lowest BCUT2D eigenvalue weighted by atomic mass is 9.94. The monoisotopic (exact) mass is 244 g/mol. The molecule has 0 atom stereocenters. The Bertz CT molecular complexity index is 616. The van der Waals surface area contributed by atoms with Gasteiger partial charge in [0.05, 0.1) is 0 Å². The summed E-state index contributed by atoms with van der Waals surface area (Å²) in [6, 6.07) is 7.44. The average Bonchev–Trinajstić information content (AvgIpc) is 2.35. The summed E-state index contributed by atoms with van der Waals surface area (Å²) in [6.07, 6.45) is 0. The first-order valence-electron chi connectivity index (χ1n) is 5.74. The molecule has 0 unspecified atom stereocenters. The normalized spacial score (nSPS) is 10.6. The van der Waals surface area contributed by atoms with Crippen LogP contribution in [0.25, 0.3) is 11.1 Å². The largest absolute Gasteiger partial charge is 0.504 e. The van der Waals surface area contributed by atoms with Gasteiger partial charge in [0.15, 0.2) is 11.5 Å². The molecule has 0 radical (unpaired) electrons. The lowest BCUT2D eigenvalue weighted by Gasteiger charge is -2.13. The van der Waals surface area contributed by atoms with Crippen molar-refractivity contribution in [2.75, 3.05) is 0 Å². The predicted molar refractivity (Wildman–Crippen MR) is 71.1 cm³/mol. The Balaban J connectivity index is 2.76. The number of aryl methyl sites for hydroxylation is 2. The lowest BCUT2D eigenvalue weighted by Crippen LogP contribution is -1.89. The molecule has 3 N–H and O–H groups in total. The highest BCUT2D eigenvalue weighted by Crippen LogP contribution is 2.45. The van der Waals surface area contributed by atoms with E-state index in [1.165, 1.54) is 0 Å². The van der Waals surface area contributed by atoms with Gasteiger partial charge in [-0.1, -0.05) is 18.2 Å². The van der Waals surface area contributed by atoms with E-state index in [1.807, 2.05) is 32.0 Å². The van der Waals surface area contributed by atoms with Crippen LogP contribution in [0.3, 0.4) is 0 Å². The molecule has 0 aliphatic heterocycles. The second-order valence-electron chi connectivity index (χ2n) is 4.53. The summed E-state index contributed by atoms with van der Waals surface area (Å²) >= 11 is 0. The highest BCUT2D eigenvalue weighted by Gasteiger charge is 2.17. The fourth-order valence-electron chi connectivity index (χ4n) is 2.03. The van der Waals surface area contributed by atoms with Crippen LogP contribution in [-0.4, -0.2) is 15.3 Å². The summed E-state index contributed by atoms with van der Waals surface area (Å²) in [6.45, 7) is 5.63. The summed E-state index contributed by atoms with van der Waals surface area (Å²) in [5.41, 5.74) is 4.06. The Kier molecular flexibility index (Phi) is 2.91. The molecule has 0 spiro atoms. The van der Waals surface area contributed by atoms with Gasteiger partial charge in [-0.3, -0.25) is 0 Å². The molecule has 2 aromatic carbocycles. The van der Waals surface area contributed by atoms with Crippen molar-refractivity contribution in [2.24, 2.45) is 0 Å². The van der Waals surface area contributed by atoms with Crippen LogP contribution in [0.1, 0.15) is 16.7 Å². The first-order chi connectivity index (χ1) is 8.43. The molecule has 3 heteroatoms. The van der Waals surface area contributed by atoms with Crippen LogP contribution in [0.4, 0.5) is 0 Å². The lowest BCUT2D eigenvalue weighted by molar-refractivity contribution is 0.367. The molecule has 0 amide bonds. The number of aromatic hydroxyl groups is 3. The second-order valence-corrected chi connectivity index (χ2v) is 4.53. The Morgan fingerprint density at radius 2 is 1.39 bits per heavy atom. The third kappa shape index (κ3) is 1.78. The van der Waals surface area contributed by atoms with Crippen molar-refractivity contribution in [3.8, 4) is 28.4 Å². The minimum atomic E-state index is -0.467. The third-order valence-corrected chi connectivity index (χ3v) is 3.33. The zero-order valence-corrected chi connectivity index (χ0v) is 10.7. The van der Waals surface area contributed by atoms with Crippen molar-refractivity contribution < 1.29 is 15.3 Å². The van der Waals surface area contributed by atoms with Crippen LogP contribution in [-0.2, 0) is 0 Å². The number of hydrogen-bond acceptors (Lipinski definition) is 3. The van der Waals surface area contributed by atoms with Crippen LogP contribution in [0.5, 0.6) is 17.2 Å². The molecule has 0 saturated heterocycles. The van der Waals surface area contributed by atoms with Gasteiger partial charge in [0.1, 0.15) is 0 Å². The molecular formula is C15H16O3. The van der Waals surface area contributed by atoms with E-state index in [4.69, 9.17) is 0 Å². The standard InChI is InChI=1S/C15H16O3/c1-8-5-4-6-11(10(8)3)12-7-9(2)13(16)15(18)14(12)17/h4-7,16-18H,1-3H3. The molecule has 0 bridgehead atoms. The molecule has 2 rings (SSSR count). The van der Waals surface area contributed by atoms with Crippen LogP contribution < -0.4 is 0 Å². The van der Waals surface area contributed by atoms with Crippen molar-refractivity contribution in [1.82, 2.24) is 0 Å². The van der Waals surface area contributed by atoms with Crippen LogP contribution >= 0.6 is 0 Å². The number of hydrogen-bond donors (Lipinski definition) is 3. The molecule has 0 fully saturated rings. The highest BCUT2D eigenvalue weighted by atomic mass is 16.3. The van der Waals surface area contributed by atoms with Gasteiger partial charge in [-0.15, -0.1) is 0 Å². The van der Waals surface area contributed by atoms with Gasteiger partial charge in [0, 0.05) is 5.56 Å². The zero-order chi connectivity index (χ0) is 13.4. The molecule has 0 aromatic heterocycles. The van der Waals surface area contributed by atoms with E-state index in [-0.39, 0.29) is 11.5 Å². The van der Waals surface area contributed by atoms with E-state index in [0.29, 0.717) is 11.1 Å². The number of phenols is 3. The van der Waals surface area contributed by atoms with Crippen LogP contribution in [0.15, 0.2) is 24.3 Å². The first-order valence-corrected chi connectivity index (χ1v) is 5.74. The fourth-order valence-corrected chi connectivity index (χ4v) is 2.03. The Labute approximate surface area is 106 Å². The smallest absolute Gasteiger partial charge is 0.201 e. The van der Waals surface area contributed by atoms with Gasteiger partial charge < -0.3 is 15.3 Å². The summed E-state index contributed by atoms with van der Waals surface area (Å²) < 4.78 is 0. The van der Waals surface area contributed by atoms with E-state index in [0.717, 1.165) is 16.7 Å². The molecule has 0 heterocycles. The number of benzene rings is 2. The Morgan fingerprint density at radius 1 is 0.722 bits per heavy atom. The maximum atomic E-state index is 9.96. The molecular weight excluding hydrogens is 228 g/mol. The van der Waals surface area contributed by atoms with E-state index in [1.54, 1.807) is 13.0 Å². The summed E-state index contributed by atoms with van der Waals surface area (Å²) in [5, 5.41) is 29.2. The van der Waals surface area contributed by atoms with Gasteiger partial charge in [-0.25, -0.2) is 0 Å². The molecule has 0 aliphatic carbocycles. The van der Waals surface area contributed by atoms with E-state index < -0.39 is 5.75 Å². The minimum Gasteiger partial charge on any atom is -0.504 e. The van der Waals surface area contributed by atoms with Gasteiger partial charge >= 0.3 is 0 Å². The maximum Gasteiger partial charge on any atom is 0.201 e. The molecule has 3 nitrogen and oxygen atoms in total. The molecule has 94 valence electrons. The quantitative estimate of drug-likeness (QED) is 0.674. The predicted octanol–water partition coefficient (Wildman–Crippen LogP) is 3.40. The van der Waals surface area contributed by atoms with E-state index in [2.05, 4.69) is 0 Å². The molecule has 0 saturated carbocycles. The maximum absolute atomic E-state index is 9.96. The minimum absolute atomic E-state index is 0.276. The Hall–Kier alpha value is -2.16. The van der Waals surface area contributed by atoms with Crippen LogP contribution in [0, 0.1) is 20.8 Å². The summed E-state index contributed by atoms with van der Waals surface area (Å²) in [5.74, 6) is -1.03. The van der Waals surface area contributed by atoms with Gasteiger partial charge in [0.2, 0.25) is 5.75 Å². The second kappa shape index (κ2) is 4.26. The summed E-state index contributed by atoms with van der Waals surface area (Å²) in [7, 11) is 0. The van der Waals surface area contributed by atoms with Crippen molar-refractivity contribution >= 4 is 0 Å². The number of rotatable bonds is 1. The van der Waals surface area contributed by atoms with Gasteiger partial charge in [-0.05, 0) is 49.1 Å². The topological polar surface area (TPSA) is 60.7 Å². The Morgan fingerprint density at radius 3 is 2.06 bits per heavy atom. The number of phenolic OH excluding ortho intramolecular Hbond substituents is 3. The van der Waals surface area contributed by atoms with Crippen molar-refractivity contribution in [2.45, 2.75) is 20.8 Å². The van der Waals surface area contributed by atoms with Gasteiger partial charge in [0.25, 0.3) is 0 Å². The van der Waals surface area contributed by atoms with Gasteiger partial charge in [-0.2, -0.15) is 0 Å². The van der Waals surface area contributed by atoms with E-state index in [9.17, 15) is 15.3 Å². The average molecular weight is 244 g/mol. The van der Waals surface area contributed by atoms with Crippen molar-refractivity contribution in [3.63, 3.8) is 0 Å². The van der Waals surface area contributed by atoms with Crippen molar-refractivity contribution in [3.05, 3.63) is 41.0 Å². The van der Waals surface area contributed by atoms with Crippen molar-refractivity contribution in [1.29, 1.82) is 0 Å². The summed E-state index contributed by atoms with van der Waals surface area (Å²) in [4.78, 5) is 0.